The lowest BCUT2D eigenvalue weighted by molar-refractivity contribution is -0.109. The van der Waals surface area contributed by atoms with Crippen LogP contribution in [0.3, 0.4) is 0 Å². The van der Waals surface area contributed by atoms with E-state index in [0.29, 0.717) is 12.5 Å². The van der Waals surface area contributed by atoms with E-state index >= 15 is 0 Å². The van der Waals surface area contributed by atoms with Gasteiger partial charge in [0.15, 0.2) is 5.12 Å². The lowest BCUT2D eigenvalue weighted by Crippen LogP contribution is -2.09. The molecule has 0 unspecified atom stereocenters. The minimum atomic E-state index is -0.102. The second-order valence-electron chi connectivity index (χ2n) is 3.22. The maximum atomic E-state index is 10.5. The summed E-state index contributed by atoms with van der Waals surface area (Å²) in [7, 11) is 0. The second kappa shape index (κ2) is 5.36. The molecule has 0 radical (unpaired) electrons. The molecule has 0 atom stereocenters. The highest BCUT2D eigenvalue weighted by molar-refractivity contribution is 7.96. The van der Waals surface area contributed by atoms with Crippen molar-refractivity contribution in [2.45, 2.75) is 44.6 Å². The van der Waals surface area contributed by atoms with Crippen molar-refractivity contribution in [3.05, 3.63) is 0 Å². The Kier molecular flexibility index (Phi) is 4.36. The SMILES string of the molecule is O=C(S)CC=NC1CCCCC1. The number of aliphatic imine (C=N–C) groups is 1. The molecule has 0 aliphatic heterocycles. The Bertz CT molecular complexity index is 173. The van der Waals surface area contributed by atoms with Gasteiger partial charge in [-0.05, 0) is 12.8 Å². The third-order valence-electron chi connectivity index (χ3n) is 2.16. The first-order valence-corrected chi connectivity index (χ1v) is 4.97. The minimum absolute atomic E-state index is 0.102. The van der Waals surface area contributed by atoms with E-state index in [1.54, 1.807) is 6.21 Å². The maximum absolute atomic E-state index is 10.5. The Morgan fingerprint density at radius 2 is 2.08 bits per heavy atom. The second-order valence-corrected chi connectivity index (χ2v) is 3.72. The predicted molar refractivity (Wildman–Crippen MR) is 54.0 cm³/mol. The Balaban J connectivity index is 2.19. The number of thiol groups is 1. The monoisotopic (exact) mass is 185 g/mol. The Morgan fingerprint density at radius 1 is 1.42 bits per heavy atom. The molecule has 0 saturated heterocycles. The molecule has 0 aromatic carbocycles. The van der Waals surface area contributed by atoms with E-state index in [2.05, 4.69) is 17.6 Å². The summed E-state index contributed by atoms with van der Waals surface area (Å²) >= 11 is 3.67. The van der Waals surface area contributed by atoms with Crippen molar-refractivity contribution in [1.82, 2.24) is 0 Å². The van der Waals surface area contributed by atoms with Gasteiger partial charge < -0.3 is 0 Å². The third-order valence-corrected chi connectivity index (χ3v) is 2.34. The molecule has 2 nitrogen and oxygen atoms in total. The fourth-order valence-corrected chi connectivity index (χ4v) is 1.59. The van der Waals surface area contributed by atoms with Crippen molar-refractivity contribution in [2.24, 2.45) is 4.99 Å². The zero-order chi connectivity index (χ0) is 8.81. The van der Waals surface area contributed by atoms with Gasteiger partial charge in [0.25, 0.3) is 0 Å². The van der Waals surface area contributed by atoms with Crippen LogP contribution < -0.4 is 0 Å². The first kappa shape index (κ1) is 9.78. The molecule has 1 saturated carbocycles. The number of hydrogen-bond acceptors (Lipinski definition) is 2. The number of hydrogen-bond donors (Lipinski definition) is 1. The molecule has 1 fully saturated rings. The van der Waals surface area contributed by atoms with Crippen LogP contribution in [0.2, 0.25) is 0 Å². The molecule has 0 spiro atoms. The normalized spacial score (nSPS) is 20.1. The fourth-order valence-electron chi connectivity index (χ4n) is 1.51. The van der Waals surface area contributed by atoms with Gasteiger partial charge in [-0.25, -0.2) is 0 Å². The molecule has 68 valence electrons. The van der Waals surface area contributed by atoms with Crippen LogP contribution in [0, 0.1) is 0 Å². The summed E-state index contributed by atoms with van der Waals surface area (Å²) in [4.78, 5) is 14.8. The van der Waals surface area contributed by atoms with Gasteiger partial charge in [0.1, 0.15) is 0 Å². The topological polar surface area (TPSA) is 29.4 Å². The molecule has 0 aromatic heterocycles. The summed E-state index contributed by atoms with van der Waals surface area (Å²) in [6.07, 6.45) is 8.39. The first-order valence-electron chi connectivity index (χ1n) is 4.52. The highest BCUT2D eigenvalue weighted by atomic mass is 32.1. The first-order chi connectivity index (χ1) is 5.79. The zero-order valence-electron chi connectivity index (χ0n) is 7.20. The molecular weight excluding hydrogens is 170 g/mol. The molecule has 0 N–H and O–H groups in total. The van der Waals surface area contributed by atoms with Crippen molar-refractivity contribution in [2.75, 3.05) is 0 Å². The van der Waals surface area contributed by atoms with Gasteiger partial charge in [0.05, 0.1) is 6.42 Å². The van der Waals surface area contributed by atoms with Crippen LogP contribution in [0.1, 0.15) is 38.5 Å². The average Bonchev–Trinajstić information content (AvgIpc) is 2.05. The lowest BCUT2D eigenvalue weighted by Gasteiger charge is -2.16. The highest BCUT2D eigenvalue weighted by Crippen LogP contribution is 2.19. The molecule has 1 aliphatic carbocycles. The fraction of sp³-hybridized carbons (Fsp3) is 0.778. The molecule has 0 heterocycles. The highest BCUT2D eigenvalue weighted by Gasteiger charge is 2.10. The van der Waals surface area contributed by atoms with Crippen LogP contribution in [0.15, 0.2) is 4.99 Å². The van der Waals surface area contributed by atoms with E-state index in [1.807, 2.05) is 0 Å². The molecule has 1 rings (SSSR count). The smallest absolute Gasteiger partial charge is 0.191 e. The van der Waals surface area contributed by atoms with E-state index in [4.69, 9.17) is 0 Å². The van der Waals surface area contributed by atoms with Crippen molar-refractivity contribution in [3.8, 4) is 0 Å². The summed E-state index contributed by atoms with van der Waals surface area (Å²) in [5.41, 5.74) is 0. The van der Waals surface area contributed by atoms with Gasteiger partial charge in [-0.1, -0.05) is 19.3 Å². The average molecular weight is 185 g/mol. The predicted octanol–water partition coefficient (Wildman–Crippen LogP) is 2.24. The van der Waals surface area contributed by atoms with Gasteiger partial charge in [-0.2, -0.15) is 0 Å². The summed E-state index contributed by atoms with van der Waals surface area (Å²) in [5.74, 6) is 0. The number of rotatable bonds is 3. The van der Waals surface area contributed by atoms with Crippen LogP contribution in [0.5, 0.6) is 0 Å². The summed E-state index contributed by atoms with van der Waals surface area (Å²) in [6, 6.07) is 0.478. The van der Waals surface area contributed by atoms with Gasteiger partial charge in [0.2, 0.25) is 0 Å². The van der Waals surface area contributed by atoms with Crippen LogP contribution in [0.25, 0.3) is 0 Å². The molecular formula is C9H15NOS. The van der Waals surface area contributed by atoms with E-state index in [1.165, 1.54) is 32.1 Å². The largest absolute Gasteiger partial charge is 0.294 e. The quantitative estimate of drug-likeness (QED) is 0.530. The molecule has 12 heavy (non-hydrogen) atoms. The van der Waals surface area contributed by atoms with E-state index in [-0.39, 0.29) is 5.12 Å². The van der Waals surface area contributed by atoms with Crippen LogP contribution in [0.4, 0.5) is 0 Å². The minimum Gasteiger partial charge on any atom is -0.294 e. The molecule has 0 bridgehead atoms. The molecule has 0 amide bonds. The van der Waals surface area contributed by atoms with Crippen LogP contribution in [-0.4, -0.2) is 17.4 Å². The number of carbonyl (C=O) groups excluding carboxylic acids is 1. The van der Waals surface area contributed by atoms with E-state index in [0.717, 1.165) is 0 Å². The molecule has 3 heteroatoms. The third kappa shape index (κ3) is 3.90. The number of carbonyl (C=O) groups is 1. The van der Waals surface area contributed by atoms with Crippen molar-refractivity contribution in [3.63, 3.8) is 0 Å². The Hall–Kier alpha value is -0.310. The zero-order valence-corrected chi connectivity index (χ0v) is 8.09. The van der Waals surface area contributed by atoms with Crippen molar-refractivity contribution in [1.29, 1.82) is 0 Å². The maximum Gasteiger partial charge on any atom is 0.191 e. The lowest BCUT2D eigenvalue weighted by atomic mass is 9.96. The van der Waals surface area contributed by atoms with Gasteiger partial charge >= 0.3 is 0 Å². The molecule has 0 aromatic rings. The summed E-state index contributed by atoms with van der Waals surface area (Å²) in [6.45, 7) is 0. The van der Waals surface area contributed by atoms with Crippen LogP contribution >= 0.6 is 12.6 Å². The Labute approximate surface area is 78.9 Å². The standard InChI is InChI=1S/C9H15NOS/c11-9(12)6-7-10-8-4-2-1-3-5-8/h7-8H,1-6H2,(H,11,12). The van der Waals surface area contributed by atoms with Crippen LogP contribution in [-0.2, 0) is 4.79 Å². The van der Waals surface area contributed by atoms with E-state index < -0.39 is 0 Å². The molecule has 1 aliphatic rings. The summed E-state index contributed by atoms with van der Waals surface area (Å²) < 4.78 is 0. The van der Waals surface area contributed by atoms with Gasteiger partial charge in [-0.15, -0.1) is 12.6 Å². The number of nitrogens with zero attached hydrogens (tertiary/aromatic N) is 1. The Morgan fingerprint density at radius 3 is 2.67 bits per heavy atom. The van der Waals surface area contributed by atoms with Gasteiger partial charge in [0, 0.05) is 12.3 Å². The van der Waals surface area contributed by atoms with Crippen molar-refractivity contribution < 1.29 is 4.79 Å². The van der Waals surface area contributed by atoms with Crippen molar-refractivity contribution >= 4 is 24.0 Å². The van der Waals surface area contributed by atoms with Gasteiger partial charge in [-0.3, -0.25) is 9.79 Å². The van der Waals surface area contributed by atoms with E-state index in [9.17, 15) is 4.79 Å². The summed E-state index contributed by atoms with van der Waals surface area (Å²) in [5, 5.41) is -0.102.